The number of hydrogen-bond donors (Lipinski definition) is 2. The van der Waals surface area contributed by atoms with Crippen LogP contribution in [-0.2, 0) is 14.4 Å². The third-order valence-electron chi connectivity index (χ3n) is 1.53. The Morgan fingerprint density at radius 1 is 1.57 bits per heavy atom. The van der Waals surface area contributed by atoms with Gasteiger partial charge in [0.25, 0.3) is 5.91 Å². The topological polar surface area (TPSA) is 73.6 Å². The van der Waals surface area contributed by atoms with E-state index in [-0.39, 0.29) is 5.91 Å². The number of carbonyl (C=O) groups excluding carboxylic acids is 1. The summed E-state index contributed by atoms with van der Waals surface area (Å²) in [6, 6.07) is -0.495. The first-order chi connectivity index (χ1) is 6.72. The van der Waals surface area contributed by atoms with Crippen molar-refractivity contribution in [2.75, 3.05) is 32.3 Å². The summed E-state index contributed by atoms with van der Waals surface area (Å²) in [6.07, 6.45) is 2.63. The highest BCUT2D eigenvalue weighted by Gasteiger charge is 2.12. The van der Waals surface area contributed by atoms with Crippen LogP contribution in [0, 0.1) is 0 Å². The molecule has 0 saturated heterocycles. The fraction of sp³-hybridized carbons (Fsp3) is 0.875. The van der Waals surface area contributed by atoms with Crippen molar-refractivity contribution in [3.05, 3.63) is 0 Å². The lowest BCUT2D eigenvalue weighted by Crippen LogP contribution is -2.41. The molecule has 0 saturated carbocycles. The summed E-state index contributed by atoms with van der Waals surface area (Å²) in [7, 11) is 1.56. The molecule has 5 nitrogen and oxygen atoms in total. The molecule has 0 rings (SSSR count). The highest BCUT2D eigenvalue weighted by molar-refractivity contribution is 7.98. The number of nitrogens with two attached hydrogens (primary N) is 1. The zero-order chi connectivity index (χ0) is 10.8. The Labute approximate surface area is 88.6 Å². The van der Waals surface area contributed by atoms with Gasteiger partial charge in [-0.25, -0.2) is 5.48 Å². The Morgan fingerprint density at radius 2 is 2.29 bits per heavy atom. The van der Waals surface area contributed by atoms with Crippen LogP contribution >= 0.6 is 11.8 Å². The van der Waals surface area contributed by atoms with Crippen LogP contribution in [0.4, 0.5) is 0 Å². The largest absolute Gasteiger partial charge is 0.382 e. The molecule has 0 aromatic heterocycles. The SMILES string of the molecule is COCCONC(=O)[C@H](N)CCSC. The molecular formula is C8H18N2O3S. The summed E-state index contributed by atoms with van der Waals surface area (Å²) in [5.74, 6) is 0.585. The summed E-state index contributed by atoms with van der Waals surface area (Å²) in [5, 5.41) is 0. The number of thioether (sulfide) groups is 1. The quantitative estimate of drug-likeness (QED) is 0.438. The van der Waals surface area contributed by atoms with E-state index in [1.165, 1.54) is 0 Å². The Hall–Kier alpha value is -0.300. The van der Waals surface area contributed by atoms with Gasteiger partial charge in [-0.3, -0.25) is 9.63 Å². The third-order valence-corrected chi connectivity index (χ3v) is 2.18. The van der Waals surface area contributed by atoms with Crippen LogP contribution in [0.1, 0.15) is 6.42 Å². The number of hydroxylamine groups is 1. The van der Waals surface area contributed by atoms with Gasteiger partial charge in [0.15, 0.2) is 0 Å². The summed E-state index contributed by atoms with van der Waals surface area (Å²) in [6.45, 7) is 0.776. The summed E-state index contributed by atoms with van der Waals surface area (Å²) >= 11 is 1.66. The van der Waals surface area contributed by atoms with Crippen LogP contribution < -0.4 is 11.2 Å². The molecule has 0 fully saturated rings. The minimum absolute atomic E-state index is 0.282. The molecule has 0 aromatic carbocycles. The first kappa shape index (κ1) is 13.7. The number of methoxy groups -OCH3 is 1. The van der Waals surface area contributed by atoms with Crippen molar-refractivity contribution in [3.8, 4) is 0 Å². The number of hydrogen-bond acceptors (Lipinski definition) is 5. The van der Waals surface area contributed by atoms with Crippen molar-refractivity contribution in [1.29, 1.82) is 0 Å². The highest BCUT2D eigenvalue weighted by Crippen LogP contribution is 1.98. The van der Waals surface area contributed by atoms with Crippen molar-refractivity contribution >= 4 is 17.7 Å². The average Bonchev–Trinajstić information content (AvgIpc) is 2.20. The fourth-order valence-electron chi connectivity index (χ4n) is 0.699. The van der Waals surface area contributed by atoms with Crippen LogP contribution in [0.15, 0.2) is 0 Å². The van der Waals surface area contributed by atoms with Crippen molar-refractivity contribution in [1.82, 2.24) is 5.48 Å². The average molecular weight is 222 g/mol. The second kappa shape index (κ2) is 9.26. The maximum absolute atomic E-state index is 11.2. The molecule has 3 N–H and O–H groups in total. The van der Waals surface area contributed by atoms with E-state index in [1.54, 1.807) is 18.9 Å². The van der Waals surface area contributed by atoms with Gasteiger partial charge in [-0.15, -0.1) is 0 Å². The fourth-order valence-corrected chi connectivity index (χ4v) is 1.19. The zero-order valence-corrected chi connectivity index (χ0v) is 9.43. The number of carbonyl (C=O) groups is 1. The molecule has 0 aliphatic heterocycles. The third kappa shape index (κ3) is 7.14. The minimum atomic E-state index is -0.495. The Bertz CT molecular complexity index is 158. The van der Waals surface area contributed by atoms with Crippen molar-refractivity contribution in [3.63, 3.8) is 0 Å². The van der Waals surface area contributed by atoms with Crippen molar-refractivity contribution in [2.45, 2.75) is 12.5 Å². The van der Waals surface area contributed by atoms with E-state index in [4.69, 9.17) is 15.3 Å². The summed E-state index contributed by atoms with van der Waals surface area (Å²) < 4.78 is 4.74. The molecular weight excluding hydrogens is 204 g/mol. The molecule has 6 heteroatoms. The van der Waals surface area contributed by atoms with Gasteiger partial charge in [0.2, 0.25) is 0 Å². The molecule has 0 bridgehead atoms. The lowest BCUT2D eigenvalue weighted by atomic mass is 10.2. The van der Waals surface area contributed by atoms with E-state index in [0.29, 0.717) is 19.6 Å². The summed E-state index contributed by atoms with van der Waals surface area (Å²) in [4.78, 5) is 16.0. The predicted octanol–water partition coefficient (Wildman–Crippen LogP) is -0.239. The van der Waals surface area contributed by atoms with Gasteiger partial charge in [0.1, 0.15) is 0 Å². The van der Waals surface area contributed by atoms with Gasteiger partial charge in [0.05, 0.1) is 19.3 Å². The molecule has 0 unspecified atom stereocenters. The van der Waals surface area contributed by atoms with Crippen LogP contribution in [0.3, 0.4) is 0 Å². The van der Waals surface area contributed by atoms with Crippen LogP contribution in [0.25, 0.3) is 0 Å². The molecule has 0 radical (unpaired) electrons. The monoisotopic (exact) mass is 222 g/mol. The lowest BCUT2D eigenvalue weighted by Gasteiger charge is -2.10. The summed E-state index contributed by atoms with van der Waals surface area (Å²) in [5.41, 5.74) is 7.85. The predicted molar refractivity (Wildman–Crippen MR) is 56.9 cm³/mol. The molecule has 1 amide bonds. The van der Waals surface area contributed by atoms with Gasteiger partial charge in [0, 0.05) is 7.11 Å². The number of nitrogens with one attached hydrogen (secondary N) is 1. The molecule has 84 valence electrons. The minimum Gasteiger partial charge on any atom is -0.382 e. The normalized spacial score (nSPS) is 12.5. The highest BCUT2D eigenvalue weighted by atomic mass is 32.2. The van der Waals surface area contributed by atoms with Gasteiger partial charge >= 0.3 is 0 Å². The smallest absolute Gasteiger partial charge is 0.260 e. The van der Waals surface area contributed by atoms with Gasteiger partial charge in [-0.05, 0) is 18.4 Å². The van der Waals surface area contributed by atoms with Gasteiger partial charge in [-0.2, -0.15) is 11.8 Å². The van der Waals surface area contributed by atoms with Gasteiger partial charge in [-0.1, -0.05) is 0 Å². The number of ether oxygens (including phenoxy) is 1. The second-order valence-corrected chi connectivity index (χ2v) is 3.68. The van der Waals surface area contributed by atoms with E-state index in [0.717, 1.165) is 5.75 Å². The maximum atomic E-state index is 11.2. The Balaban J connectivity index is 3.42. The molecule has 14 heavy (non-hydrogen) atoms. The zero-order valence-electron chi connectivity index (χ0n) is 8.62. The molecule has 0 heterocycles. The molecule has 0 aliphatic carbocycles. The Kier molecular flexibility index (Phi) is 9.06. The number of amides is 1. The van der Waals surface area contributed by atoms with Gasteiger partial charge < -0.3 is 10.5 Å². The van der Waals surface area contributed by atoms with Crippen LogP contribution in [0.2, 0.25) is 0 Å². The molecule has 1 atom stereocenters. The number of rotatable bonds is 8. The molecule has 0 spiro atoms. The van der Waals surface area contributed by atoms with Crippen molar-refractivity contribution in [2.24, 2.45) is 5.73 Å². The second-order valence-electron chi connectivity index (χ2n) is 2.70. The Morgan fingerprint density at radius 3 is 2.86 bits per heavy atom. The van der Waals surface area contributed by atoms with E-state index in [2.05, 4.69) is 5.48 Å². The first-order valence-electron chi connectivity index (χ1n) is 4.37. The maximum Gasteiger partial charge on any atom is 0.260 e. The lowest BCUT2D eigenvalue weighted by molar-refractivity contribution is -0.135. The van der Waals surface area contributed by atoms with E-state index in [9.17, 15) is 4.79 Å². The standard InChI is InChI=1S/C8H18N2O3S/c1-12-4-5-13-10-8(11)7(9)3-6-14-2/h7H,3-6,9H2,1-2H3,(H,10,11)/t7-/m1/s1. The van der Waals surface area contributed by atoms with E-state index >= 15 is 0 Å². The molecule has 0 aliphatic rings. The van der Waals surface area contributed by atoms with E-state index in [1.807, 2.05) is 6.26 Å². The van der Waals surface area contributed by atoms with E-state index < -0.39 is 6.04 Å². The van der Waals surface area contributed by atoms with Crippen LogP contribution in [0.5, 0.6) is 0 Å². The van der Waals surface area contributed by atoms with Crippen molar-refractivity contribution < 1.29 is 14.4 Å². The molecule has 0 aromatic rings. The van der Waals surface area contributed by atoms with Crippen LogP contribution in [-0.4, -0.2) is 44.3 Å². The first-order valence-corrected chi connectivity index (χ1v) is 5.76.